The lowest BCUT2D eigenvalue weighted by molar-refractivity contribution is -0.473. The van der Waals surface area contributed by atoms with Crippen molar-refractivity contribution in [3.63, 3.8) is 0 Å². The Hall–Kier alpha value is -1.65. The van der Waals surface area contributed by atoms with Gasteiger partial charge in [0.1, 0.15) is 0 Å². The minimum absolute atomic E-state index is 3.96. The fraction of sp³-hybridized carbons (Fsp3) is 1.00. The van der Waals surface area contributed by atoms with Gasteiger partial charge in [0.25, 0.3) is 0 Å². The van der Waals surface area contributed by atoms with Crippen LogP contribution in [-0.2, 0) is 0 Å². The van der Waals surface area contributed by atoms with Crippen molar-refractivity contribution < 1.29 is 101 Å². The zero-order valence-electron chi connectivity index (χ0n) is 15.6. The lowest BCUT2D eigenvalue weighted by Crippen LogP contribution is -2.75. The number of alkyl halides is 23. The lowest BCUT2D eigenvalue weighted by atomic mass is 10.0. The molecule has 24 heteroatoms. The second kappa shape index (κ2) is 8.70. The van der Waals surface area contributed by atoms with E-state index in [2.05, 4.69) is 0 Å². The molecule has 1 nitrogen and oxygen atoms in total. The van der Waals surface area contributed by atoms with Gasteiger partial charge in [-0.15, -0.1) is 0 Å². The van der Waals surface area contributed by atoms with E-state index in [4.69, 9.17) is 0 Å². The Morgan fingerprint density at radius 2 is 0.583 bits per heavy atom. The molecule has 0 fully saturated rings. The van der Waals surface area contributed by atoms with Gasteiger partial charge in [-0.3, -0.25) is 0 Å². The predicted molar refractivity (Wildman–Crippen MR) is 64.1 cm³/mol. The van der Waals surface area contributed by atoms with E-state index in [1.165, 1.54) is 0 Å². The van der Waals surface area contributed by atoms with E-state index < -0.39 is 78.1 Å². The van der Waals surface area contributed by atoms with Crippen LogP contribution in [-0.4, -0.2) is 71.7 Å². The average Bonchev–Trinajstić information content (AvgIpc) is 2.57. The van der Waals surface area contributed by atoms with Crippen LogP contribution in [0.15, 0.2) is 0 Å². The largest absolute Gasteiger partial charge is 0.460 e. The highest BCUT2D eigenvalue weighted by molar-refractivity contribution is 5.07. The maximum atomic E-state index is 13.8. The molecule has 0 saturated heterocycles. The fourth-order valence-electron chi connectivity index (χ4n) is 1.92. The van der Waals surface area contributed by atoms with Crippen LogP contribution in [0.1, 0.15) is 6.42 Å². The third-order valence-corrected chi connectivity index (χ3v) is 4.00. The van der Waals surface area contributed by atoms with Crippen molar-refractivity contribution >= 4 is 0 Å². The van der Waals surface area contributed by atoms with E-state index in [-0.39, 0.29) is 0 Å². The maximum Gasteiger partial charge on any atom is 0.460 e. The van der Waals surface area contributed by atoms with Crippen molar-refractivity contribution in [3.8, 4) is 0 Å². The van der Waals surface area contributed by atoms with Crippen molar-refractivity contribution in [2.24, 2.45) is 0 Å². The van der Waals surface area contributed by atoms with Gasteiger partial charge in [-0.05, 0) is 0 Å². The third kappa shape index (κ3) is 5.05. The molecule has 0 rings (SSSR count). The summed E-state index contributed by atoms with van der Waals surface area (Å²) in [5, 5.41) is 0. The van der Waals surface area contributed by atoms with Crippen molar-refractivity contribution in [3.05, 3.63) is 0 Å². The van der Waals surface area contributed by atoms with Gasteiger partial charge in [0, 0.05) is 13.0 Å². The summed E-state index contributed by atoms with van der Waals surface area (Å²) in [6.07, 6.45) is -27.0. The Balaban J connectivity index is 7.24. The lowest BCUT2D eigenvalue weighted by Gasteiger charge is -2.45. The van der Waals surface area contributed by atoms with Crippen LogP contribution in [0.5, 0.6) is 0 Å². The molecular weight excluding hydrogens is 595 g/mol. The molecule has 0 unspecified atom stereocenters. The van der Waals surface area contributed by atoms with E-state index in [0.29, 0.717) is 0 Å². The highest BCUT2D eigenvalue weighted by Crippen LogP contribution is 2.60. The molecule has 0 aliphatic heterocycles. The van der Waals surface area contributed by atoms with E-state index >= 15 is 0 Å². The number of nitrogens with zero attached hydrogens (tertiary/aromatic N) is 1. The Morgan fingerprint density at radius 1 is 0.333 bits per heavy atom. The monoisotopic (exact) mass is 599 g/mol. The first-order valence-electron chi connectivity index (χ1n) is 7.71. The summed E-state index contributed by atoms with van der Waals surface area (Å²) in [6, 6.07) is -16.9. The Morgan fingerprint density at radius 3 is 0.778 bits per heavy atom. The summed E-state index contributed by atoms with van der Waals surface area (Å²) in [6.45, 7) is -4.24. The molecule has 0 aromatic heterocycles. The van der Waals surface area contributed by atoms with Gasteiger partial charge in [-0.2, -0.15) is 106 Å². The first kappa shape index (κ1) is 34.4. The molecule has 0 saturated carbocycles. The zero-order chi connectivity index (χ0) is 30.0. The number of halogens is 23. The molecular formula is C12H4F23N. The number of hydrogen-bond donors (Lipinski definition) is 0. The van der Waals surface area contributed by atoms with Gasteiger partial charge in [0.2, 0.25) is 0 Å². The first-order chi connectivity index (χ1) is 15.1. The number of hydrogen-bond acceptors (Lipinski definition) is 1. The van der Waals surface area contributed by atoms with Gasteiger partial charge in [0.05, 0.1) is 0 Å². The molecule has 0 aromatic rings. The molecule has 0 heterocycles. The molecule has 0 spiro atoms. The van der Waals surface area contributed by atoms with E-state index in [1.54, 1.807) is 0 Å². The smallest absolute Gasteiger partial charge is 0.196 e. The van der Waals surface area contributed by atoms with Crippen molar-refractivity contribution in [2.75, 3.05) is 6.54 Å². The Bertz CT molecular complexity index is 715. The summed E-state index contributed by atoms with van der Waals surface area (Å²) in [5.41, 5.74) is 0. The van der Waals surface area contributed by atoms with Crippen molar-refractivity contribution in [1.82, 2.24) is 4.90 Å². The van der Waals surface area contributed by atoms with Crippen LogP contribution in [0.2, 0.25) is 0 Å². The minimum Gasteiger partial charge on any atom is -0.196 e. The second-order valence-electron chi connectivity index (χ2n) is 6.48. The third-order valence-electron chi connectivity index (χ3n) is 4.00. The second-order valence-corrected chi connectivity index (χ2v) is 6.48. The topological polar surface area (TPSA) is 3.24 Å². The van der Waals surface area contributed by atoms with Crippen LogP contribution in [0.3, 0.4) is 0 Å². The molecule has 0 aromatic carbocycles. The first-order valence-corrected chi connectivity index (χ1v) is 7.71. The van der Waals surface area contributed by atoms with Crippen LogP contribution in [0.25, 0.3) is 0 Å². The normalized spacial score (nSPS) is 16.7. The fourth-order valence-corrected chi connectivity index (χ4v) is 1.92. The summed E-state index contributed by atoms with van der Waals surface area (Å²) < 4.78 is 294. The Labute approximate surface area is 180 Å². The quantitative estimate of drug-likeness (QED) is 0.194. The van der Waals surface area contributed by atoms with Crippen molar-refractivity contribution in [1.29, 1.82) is 0 Å². The molecule has 0 bridgehead atoms. The van der Waals surface area contributed by atoms with Crippen molar-refractivity contribution in [2.45, 2.75) is 66.7 Å². The number of rotatable bonds is 9. The van der Waals surface area contributed by atoms with E-state index in [0.717, 1.165) is 0 Å². The van der Waals surface area contributed by atoms with Crippen LogP contribution >= 0.6 is 0 Å². The van der Waals surface area contributed by atoms with Gasteiger partial charge in [-0.1, -0.05) is 0 Å². The van der Waals surface area contributed by atoms with Gasteiger partial charge in [-0.25, -0.2) is 0 Å². The van der Waals surface area contributed by atoms with Gasteiger partial charge in [0.15, 0.2) is 0 Å². The van der Waals surface area contributed by atoms with Crippen LogP contribution < -0.4 is 0 Å². The minimum atomic E-state index is -8.60. The zero-order valence-corrected chi connectivity index (χ0v) is 15.6. The van der Waals surface area contributed by atoms with Gasteiger partial charge < -0.3 is 0 Å². The summed E-state index contributed by atoms with van der Waals surface area (Å²) in [4.78, 5) is -4.15. The van der Waals surface area contributed by atoms with E-state index in [9.17, 15) is 101 Å². The molecule has 0 aliphatic rings. The Kier molecular flexibility index (Phi) is 8.30. The average molecular weight is 599 g/mol. The predicted octanol–water partition coefficient (Wildman–Crippen LogP) is 7.73. The van der Waals surface area contributed by atoms with Crippen LogP contribution in [0.4, 0.5) is 101 Å². The summed E-state index contributed by atoms with van der Waals surface area (Å²) in [5.74, 6) is -40.6. The molecule has 218 valence electrons. The highest BCUT2D eigenvalue weighted by atomic mass is 19.4. The molecule has 0 aliphatic carbocycles. The van der Waals surface area contributed by atoms with E-state index in [1.807, 2.05) is 0 Å². The van der Waals surface area contributed by atoms with Crippen LogP contribution in [0, 0.1) is 0 Å². The molecule has 0 N–H and O–H groups in total. The van der Waals surface area contributed by atoms with Gasteiger partial charge >= 0.3 is 60.2 Å². The molecule has 0 atom stereocenters. The molecule has 0 amide bonds. The summed E-state index contributed by atoms with van der Waals surface area (Å²) >= 11 is 0. The standard InChI is InChI=1S/C12H4F23N/c13-3(14,8(23,24)25)1-2-36(11(32,33)6(19,20)4(15,16)9(26,27)28)12(34,35)7(21,22)5(17,18)10(29,30)31/h1-2H2. The maximum absolute atomic E-state index is 13.8. The summed E-state index contributed by atoms with van der Waals surface area (Å²) in [7, 11) is 0. The highest BCUT2D eigenvalue weighted by Gasteiger charge is 2.89. The molecule has 36 heavy (non-hydrogen) atoms. The molecule has 0 radical (unpaired) electrons. The SMILES string of the molecule is FC(F)(F)C(F)(F)CCN(C(F)(F)C(F)(F)C(F)(F)C(F)(F)F)C(F)(F)C(F)(F)C(F)(F)C(F)(F)F.